The highest BCUT2D eigenvalue weighted by atomic mass is 79.9. The standard InChI is InChI=1S/C18H19BrN2O4/c19-13-6-1-5-12(16(13)22)18(24)21-14-7-2-8-15(17(14)23)25-11-4-3-9-20-10-11/h1,3-6,9-10,14-15,17,22-23H,2,7-8H2,(H,21,24)/t14-,15-,17-/m1/s1. The minimum atomic E-state index is -0.841. The summed E-state index contributed by atoms with van der Waals surface area (Å²) in [5.74, 6) is 0.0431. The fraction of sp³-hybridized carbons (Fsp3) is 0.333. The van der Waals surface area contributed by atoms with Gasteiger partial charge in [0.25, 0.3) is 5.91 Å². The van der Waals surface area contributed by atoms with E-state index in [1.807, 2.05) is 0 Å². The monoisotopic (exact) mass is 406 g/mol. The first-order valence-electron chi connectivity index (χ1n) is 8.09. The molecule has 1 aliphatic rings. The van der Waals surface area contributed by atoms with Crippen molar-refractivity contribution in [3.63, 3.8) is 0 Å². The van der Waals surface area contributed by atoms with Crippen molar-refractivity contribution >= 4 is 21.8 Å². The van der Waals surface area contributed by atoms with Gasteiger partial charge in [-0.05, 0) is 59.5 Å². The lowest BCUT2D eigenvalue weighted by Crippen LogP contribution is -2.52. The summed E-state index contributed by atoms with van der Waals surface area (Å²) in [6.07, 6.45) is 4.15. The minimum absolute atomic E-state index is 0.117. The number of nitrogens with one attached hydrogen (secondary N) is 1. The number of hydrogen-bond donors (Lipinski definition) is 3. The third-order valence-electron chi connectivity index (χ3n) is 4.27. The summed E-state index contributed by atoms with van der Waals surface area (Å²) in [5, 5.41) is 23.4. The number of benzene rings is 1. The van der Waals surface area contributed by atoms with E-state index in [1.54, 1.807) is 36.7 Å². The number of ether oxygens (including phenoxy) is 1. The third kappa shape index (κ3) is 4.11. The van der Waals surface area contributed by atoms with Gasteiger partial charge in [-0.25, -0.2) is 0 Å². The lowest BCUT2D eigenvalue weighted by Gasteiger charge is -2.35. The van der Waals surface area contributed by atoms with Crippen molar-refractivity contribution in [1.82, 2.24) is 10.3 Å². The first-order chi connectivity index (χ1) is 12.1. The number of phenols is 1. The lowest BCUT2D eigenvalue weighted by molar-refractivity contribution is -0.0142. The molecule has 1 aliphatic carbocycles. The third-order valence-corrected chi connectivity index (χ3v) is 4.91. The summed E-state index contributed by atoms with van der Waals surface area (Å²) >= 11 is 3.19. The lowest BCUT2D eigenvalue weighted by atomic mass is 9.89. The van der Waals surface area contributed by atoms with E-state index in [4.69, 9.17) is 4.74 Å². The molecule has 0 aliphatic heterocycles. The van der Waals surface area contributed by atoms with Gasteiger partial charge in [0.1, 0.15) is 23.7 Å². The van der Waals surface area contributed by atoms with E-state index in [0.29, 0.717) is 23.1 Å². The summed E-state index contributed by atoms with van der Waals surface area (Å²) in [6, 6.07) is 7.96. The molecule has 0 spiro atoms. The van der Waals surface area contributed by atoms with Crippen molar-refractivity contribution in [3.8, 4) is 11.5 Å². The quantitative estimate of drug-likeness (QED) is 0.725. The van der Waals surface area contributed by atoms with Crippen LogP contribution in [0.4, 0.5) is 0 Å². The number of amides is 1. The Morgan fingerprint density at radius 3 is 2.88 bits per heavy atom. The van der Waals surface area contributed by atoms with Gasteiger partial charge in [0.2, 0.25) is 0 Å². The van der Waals surface area contributed by atoms with Gasteiger partial charge in [0.15, 0.2) is 0 Å². The van der Waals surface area contributed by atoms with Gasteiger partial charge in [-0.2, -0.15) is 0 Å². The van der Waals surface area contributed by atoms with E-state index in [2.05, 4.69) is 26.2 Å². The highest BCUT2D eigenvalue weighted by molar-refractivity contribution is 9.10. The molecule has 1 heterocycles. The summed E-state index contributed by atoms with van der Waals surface area (Å²) < 4.78 is 6.25. The number of aromatic nitrogens is 1. The molecule has 1 saturated carbocycles. The number of rotatable bonds is 4. The minimum Gasteiger partial charge on any atom is -0.506 e. The van der Waals surface area contributed by atoms with Gasteiger partial charge >= 0.3 is 0 Å². The molecular weight excluding hydrogens is 388 g/mol. The second-order valence-electron chi connectivity index (χ2n) is 5.98. The molecule has 0 saturated heterocycles. The fourth-order valence-corrected chi connectivity index (χ4v) is 3.33. The van der Waals surface area contributed by atoms with E-state index in [1.165, 1.54) is 6.07 Å². The Balaban J connectivity index is 1.67. The molecule has 0 unspecified atom stereocenters. The van der Waals surface area contributed by atoms with Crippen LogP contribution >= 0.6 is 15.9 Å². The van der Waals surface area contributed by atoms with Crippen LogP contribution in [0.15, 0.2) is 47.2 Å². The van der Waals surface area contributed by atoms with Crippen molar-refractivity contribution in [1.29, 1.82) is 0 Å². The molecule has 0 radical (unpaired) electrons. The number of aromatic hydroxyl groups is 1. The van der Waals surface area contributed by atoms with Crippen molar-refractivity contribution in [2.75, 3.05) is 0 Å². The maximum Gasteiger partial charge on any atom is 0.255 e. The number of carbonyl (C=O) groups is 1. The molecule has 3 rings (SSSR count). The van der Waals surface area contributed by atoms with Gasteiger partial charge in [-0.1, -0.05) is 6.07 Å². The Morgan fingerprint density at radius 2 is 2.12 bits per heavy atom. The second kappa shape index (κ2) is 7.84. The molecule has 1 amide bonds. The van der Waals surface area contributed by atoms with E-state index in [0.717, 1.165) is 6.42 Å². The number of carbonyl (C=O) groups excluding carboxylic acids is 1. The number of para-hydroxylation sites is 1. The molecule has 1 aromatic heterocycles. The van der Waals surface area contributed by atoms with Crippen molar-refractivity contribution in [2.45, 2.75) is 37.5 Å². The molecule has 6 nitrogen and oxygen atoms in total. The van der Waals surface area contributed by atoms with E-state index < -0.39 is 24.2 Å². The molecule has 3 N–H and O–H groups in total. The topological polar surface area (TPSA) is 91.7 Å². The van der Waals surface area contributed by atoms with Crippen molar-refractivity contribution < 1.29 is 19.7 Å². The van der Waals surface area contributed by atoms with E-state index in [9.17, 15) is 15.0 Å². The Kier molecular flexibility index (Phi) is 5.55. The predicted octanol–water partition coefficient (Wildman–Crippen LogP) is 2.64. The summed E-state index contributed by atoms with van der Waals surface area (Å²) in [4.78, 5) is 16.4. The van der Waals surface area contributed by atoms with Crippen LogP contribution in [-0.2, 0) is 0 Å². The molecule has 1 aromatic carbocycles. The number of halogens is 1. The number of nitrogens with zero attached hydrogens (tertiary/aromatic N) is 1. The van der Waals surface area contributed by atoms with Gasteiger partial charge in [-0.3, -0.25) is 9.78 Å². The molecular formula is C18H19BrN2O4. The highest BCUT2D eigenvalue weighted by Crippen LogP contribution is 2.28. The number of aliphatic hydroxyl groups is 1. The fourth-order valence-electron chi connectivity index (χ4n) is 2.96. The van der Waals surface area contributed by atoms with Gasteiger partial charge < -0.3 is 20.3 Å². The number of pyridine rings is 1. The predicted molar refractivity (Wildman–Crippen MR) is 95.6 cm³/mol. The average molecular weight is 407 g/mol. The Morgan fingerprint density at radius 1 is 1.28 bits per heavy atom. The second-order valence-corrected chi connectivity index (χ2v) is 6.84. The Labute approximate surface area is 154 Å². The van der Waals surface area contributed by atoms with Crippen LogP contribution in [0.3, 0.4) is 0 Å². The molecule has 2 aromatic rings. The largest absolute Gasteiger partial charge is 0.506 e. The zero-order valence-corrected chi connectivity index (χ0v) is 15.0. The van der Waals surface area contributed by atoms with Crippen LogP contribution in [0.1, 0.15) is 29.6 Å². The van der Waals surface area contributed by atoms with Gasteiger partial charge in [-0.15, -0.1) is 0 Å². The van der Waals surface area contributed by atoms with Crippen LogP contribution in [-0.4, -0.2) is 39.4 Å². The van der Waals surface area contributed by atoms with Crippen molar-refractivity contribution in [2.24, 2.45) is 0 Å². The van der Waals surface area contributed by atoms with Crippen molar-refractivity contribution in [3.05, 3.63) is 52.8 Å². The zero-order valence-electron chi connectivity index (χ0n) is 13.4. The smallest absolute Gasteiger partial charge is 0.255 e. The summed E-state index contributed by atoms with van der Waals surface area (Å²) in [7, 11) is 0. The zero-order chi connectivity index (χ0) is 17.8. The van der Waals surface area contributed by atoms with E-state index >= 15 is 0 Å². The van der Waals surface area contributed by atoms with Crippen LogP contribution in [0, 0.1) is 0 Å². The average Bonchev–Trinajstić information content (AvgIpc) is 2.61. The summed E-state index contributed by atoms with van der Waals surface area (Å²) in [6.45, 7) is 0. The van der Waals surface area contributed by atoms with Crippen LogP contribution in [0.5, 0.6) is 11.5 Å². The maximum atomic E-state index is 12.4. The van der Waals surface area contributed by atoms with Gasteiger partial charge in [0.05, 0.1) is 22.3 Å². The SMILES string of the molecule is O=C(N[C@@H]1CCC[C@@H](Oc2cccnc2)[C@@H]1O)c1cccc(Br)c1O. The van der Waals surface area contributed by atoms with Crippen LogP contribution in [0.25, 0.3) is 0 Å². The van der Waals surface area contributed by atoms with Crippen LogP contribution < -0.4 is 10.1 Å². The molecule has 1 fully saturated rings. The van der Waals surface area contributed by atoms with Crippen LogP contribution in [0.2, 0.25) is 0 Å². The number of aliphatic hydroxyl groups excluding tert-OH is 1. The first-order valence-corrected chi connectivity index (χ1v) is 8.88. The Bertz CT molecular complexity index is 741. The maximum absolute atomic E-state index is 12.4. The highest BCUT2D eigenvalue weighted by Gasteiger charge is 2.34. The normalized spacial score (nSPS) is 23.0. The first kappa shape index (κ1) is 17.7. The molecule has 3 atom stereocenters. The number of hydrogen-bond acceptors (Lipinski definition) is 5. The molecule has 25 heavy (non-hydrogen) atoms. The summed E-state index contributed by atoms with van der Waals surface area (Å²) in [5.41, 5.74) is 0.164. The van der Waals surface area contributed by atoms with E-state index in [-0.39, 0.29) is 11.3 Å². The number of phenolic OH excluding ortho intramolecular Hbond substituents is 1. The molecule has 132 valence electrons. The molecule has 7 heteroatoms. The van der Waals surface area contributed by atoms with Gasteiger partial charge in [0, 0.05) is 6.20 Å². The Hall–Kier alpha value is -2.12. The molecule has 0 bridgehead atoms.